The van der Waals surface area contributed by atoms with E-state index in [1.165, 1.54) is 6.33 Å². The summed E-state index contributed by atoms with van der Waals surface area (Å²) < 4.78 is 53.7. The lowest BCUT2D eigenvalue weighted by Gasteiger charge is -2.34. The van der Waals surface area contributed by atoms with Crippen LogP contribution >= 0.6 is 0 Å². The molecule has 5 rings (SSSR count). The van der Waals surface area contributed by atoms with Crippen LogP contribution in [-0.4, -0.2) is 78.8 Å². The quantitative estimate of drug-likeness (QED) is 0.349. The van der Waals surface area contributed by atoms with Crippen molar-refractivity contribution in [3.8, 4) is 5.75 Å². The number of pyridine rings is 1. The number of ether oxygens (including phenoxy) is 2. The van der Waals surface area contributed by atoms with Crippen LogP contribution in [0, 0.1) is 5.82 Å². The van der Waals surface area contributed by atoms with Crippen molar-refractivity contribution in [1.82, 2.24) is 19.9 Å². The number of fused-ring (bicyclic) bond motifs is 2. The maximum absolute atomic E-state index is 15.4. The average molecular weight is 527 g/mol. The lowest BCUT2D eigenvalue weighted by atomic mass is 10.1. The van der Waals surface area contributed by atoms with Crippen molar-refractivity contribution in [2.75, 3.05) is 50.6 Å². The number of aromatic nitrogens is 3. The maximum Gasteiger partial charge on any atom is 0.266 e. The molecule has 1 saturated heterocycles. The molecule has 2 atom stereocenters. The summed E-state index contributed by atoms with van der Waals surface area (Å²) in [6.45, 7) is 3.26. The number of benzene rings is 2. The molecule has 0 spiro atoms. The fourth-order valence-corrected chi connectivity index (χ4v) is 4.68. The zero-order chi connectivity index (χ0) is 26.8. The Bertz CT molecular complexity index is 1440. The van der Waals surface area contributed by atoms with Crippen LogP contribution in [0.3, 0.4) is 0 Å². The summed E-state index contributed by atoms with van der Waals surface area (Å²) >= 11 is 0. The van der Waals surface area contributed by atoms with Gasteiger partial charge in [0, 0.05) is 43.0 Å². The number of likely N-dealkylation sites (N-methyl/N-ethyl adjacent to an activating group) is 1. The average Bonchev–Trinajstić information content (AvgIpc) is 2.90. The Kier molecular flexibility index (Phi) is 7.48. The third-order valence-corrected chi connectivity index (χ3v) is 6.35. The highest BCUT2D eigenvalue weighted by atomic mass is 19.3. The minimum Gasteiger partial charge on any atom is -0.488 e. The van der Waals surface area contributed by atoms with Crippen LogP contribution in [0.2, 0.25) is 0 Å². The number of morpholine rings is 1. The van der Waals surface area contributed by atoms with E-state index in [1.807, 2.05) is 30.8 Å². The lowest BCUT2D eigenvalue weighted by molar-refractivity contribution is -0.0614. The summed E-state index contributed by atoms with van der Waals surface area (Å²) in [5.41, 5.74) is 2.00. The summed E-state index contributed by atoms with van der Waals surface area (Å²) in [5, 5.41) is 4.05. The van der Waals surface area contributed by atoms with Crippen molar-refractivity contribution >= 4 is 39.0 Å². The predicted octanol–water partition coefficient (Wildman–Crippen LogP) is 4.86. The molecular formula is C27H29F3N6O2. The zero-order valence-corrected chi connectivity index (χ0v) is 21.4. The molecule has 3 heterocycles. The molecule has 4 aromatic rings. The molecule has 0 bridgehead atoms. The number of anilines is 3. The Morgan fingerprint density at radius 2 is 2.00 bits per heavy atom. The van der Waals surface area contributed by atoms with Crippen LogP contribution < -0.4 is 15.0 Å². The van der Waals surface area contributed by atoms with Gasteiger partial charge in [-0.3, -0.25) is 4.98 Å². The van der Waals surface area contributed by atoms with Crippen molar-refractivity contribution < 1.29 is 22.6 Å². The summed E-state index contributed by atoms with van der Waals surface area (Å²) in [7, 11) is 3.89. The van der Waals surface area contributed by atoms with Gasteiger partial charge in [-0.15, -0.1) is 0 Å². The second-order valence-electron chi connectivity index (χ2n) is 9.56. The van der Waals surface area contributed by atoms with Crippen LogP contribution in [0.4, 0.5) is 30.4 Å². The standard InChI is InChI=1S/C27H29F3N6O2/c1-16(13-35(2)3)38-22-12-17(36-9-10-37-23(14-36)26(29)30)11-21-24(22)27(33-15-32-21)34-20-7-6-19-18(25(20)28)5-4-8-31-19/h4-8,11-12,15-16,23,26H,9-10,13-14H2,1-3H3,(H,32,33,34)/t16-,23+/m0/s1. The first kappa shape index (κ1) is 25.9. The van der Waals surface area contributed by atoms with E-state index in [9.17, 15) is 8.78 Å². The molecule has 0 aliphatic carbocycles. The molecule has 1 N–H and O–H groups in total. The van der Waals surface area contributed by atoms with Crippen molar-refractivity contribution in [3.63, 3.8) is 0 Å². The van der Waals surface area contributed by atoms with Gasteiger partial charge in [0.05, 0.1) is 28.7 Å². The Balaban J connectivity index is 1.58. The van der Waals surface area contributed by atoms with Gasteiger partial charge in [0.1, 0.15) is 30.1 Å². The zero-order valence-electron chi connectivity index (χ0n) is 21.4. The lowest BCUT2D eigenvalue weighted by Crippen LogP contribution is -2.45. The summed E-state index contributed by atoms with van der Waals surface area (Å²) in [6, 6.07) is 10.3. The molecule has 0 amide bonds. The minimum absolute atomic E-state index is 0.0440. The number of nitrogens with zero attached hydrogens (tertiary/aromatic N) is 5. The second-order valence-corrected chi connectivity index (χ2v) is 9.56. The summed E-state index contributed by atoms with van der Waals surface area (Å²) in [6.07, 6.45) is -0.980. The molecule has 0 saturated carbocycles. The van der Waals surface area contributed by atoms with Crippen molar-refractivity contribution in [3.05, 3.63) is 54.7 Å². The van der Waals surface area contributed by atoms with E-state index in [4.69, 9.17) is 9.47 Å². The van der Waals surface area contributed by atoms with Crippen LogP contribution in [0.15, 0.2) is 48.9 Å². The number of nitrogens with one attached hydrogen (secondary N) is 1. The number of hydrogen-bond acceptors (Lipinski definition) is 8. The highest BCUT2D eigenvalue weighted by molar-refractivity contribution is 5.98. The largest absolute Gasteiger partial charge is 0.488 e. The summed E-state index contributed by atoms with van der Waals surface area (Å²) in [5.74, 6) is 0.384. The predicted molar refractivity (Wildman–Crippen MR) is 141 cm³/mol. The topological polar surface area (TPSA) is 75.6 Å². The highest BCUT2D eigenvalue weighted by Gasteiger charge is 2.29. The molecule has 0 unspecified atom stereocenters. The molecular weight excluding hydrogens is 497 g/mol. The van der Waals surface area contributed by atoms with Gasteiger partial charge in [0.25, 0.3) is 6.43 Å². The maximum atomic E-state index is 15.4. The molecule has 1 aliphatic heterocycles. The first-order valence-electron chi connectivity index (χ1n) is 12.3. The minimum atomic E-state index is -2.58. The third-order valence-electron chi connectivity index (χ3n) is 6.35. The van der Waals surface area contributed by atoms with Gasteiger partial charge in [-0.2, -0.15) is 0 Å². The van der Waals surface area contributed by atoms with E-state index in [0.717, 1.165) is 0 Å². The molecule has 2 aromatic carbocycles. The molecule has 38 heavy (non-hydrogen) atoms. The number of rotatable bonds is 8. The molecule has 1 aliphatic rings. The van der Waals surface area contributed by atoms with E-state index in [-0.39, 0.29) is 24.9 Å². The fourth-order valence-electron chi connectivity index (χ4n) is 4.68. The number of hydrogen-bond donors (Lipinski definition) is 1. The Morgan fingerprint density at radius 1 is 1.16 bits per heavy atom. The molecule has 11 heteroatoms. The summed E-state index contributed by atoms with van der Waals surface area (Å²) in [4.78, 5) is 16.9. The second kappa shape index (κ2) is 11.0. The fraction of sp³-hybridized carbons (Fsp3) is 0.370. The first-order chi connectivity index (χ1) is 18.3. The molecule has 0 radical (unpaired) electrons. The van der Waals surface area contributed by atoms with E-state index < -0.39 is 18.3 Å². The van der Waals surface area contributed by atoms with E-state index >= 15 is 4.39 Å². The van der Waals surface area contributed by atoms with E-state index in [2.05, 4.69) is 20.3 Å². The number of halogens is 3. The molecule has 1 fully saturated rings. The van der Waals surface area contributed by atoms with Crippen LogP contribution in [-0.2, 0) is 4.74 Å². The van der Waals surface area contributed by atoms with Gasteiger partial charge in [-0.1, -0.05) is 0 Å². The normalized spacial score (nSPS) is 16.9. The van der Waals surface area contributed by atoms with Gasteiger partial charge >= 0.3 is 0 Å². The van der Waals surface area contributed by atoms with Crippen LogP contribution in [0.5, 0.6) is 5.75 Å². The van der Waals surface area contributed by atoms with E-state index in [1.54, 1.807) is 42.6 Å². The third kappa shape index (κ3) is 5.44. The van der Waals surface area contributed by atoms with Crippen LogP contribution in [0.25, 0.3) is 21.8 Å². The highest BCUT2D eigenvalue weighted by Crippen LogP contribution is 2.38. The Morgan fingerprint density at radius 3 is 2.79 bits per heavy atom. The molecule has 2 aromatic heterocycles. The van der Waals surface area contributed by atoms with Gasteiger partial charge in [-0.05, 0) is 51.4 Å². The molecule has 200 valence electrons. The SMILES string of the molecule is C[C@@H](CN(C)C)Oc1cc(N2CCO[C@@H](C(F)F)C2)cc2ncnc(Nc3ccc4ncccc4c3F)c12. The van der Waals surface area contributed by atoms with Crippen molar-refractivity contribution in [1.29, 1.82) is 0 Å². The van der Waals surface area contributed by atoms with E-state index in [0.29, 0.717) is 52.2 Å². The van der Waals surface area contributed by atoms with Gasteiger partial charge < -0.3 is 24.6 Å². The van der Waals surface area contributed by atoms with Crippen molar-refractivity contribution in [2.24, 2.45) is 0 Å². The Hall–Kier alpha value is -3.70. The first-order valence-corrected chi connectivity index (χ1v) is 12.3. The van der Waals surface area contributed by atoms with Gasteiger partial charge in [0.15, 0.2) is 5.82 Å². The Labute approximate surface area is 218 Å². The smallest absolute Gasteiger partial charge is 0.266 e. The van der Waals surface area contributed by atoms with Gasteiger partial charge in [-0.25, -0.2) is 23.1 Å². The monoisotopic (exact) mass is 526 g/mol. The van der Waals surface area contributed by atoms with Crippen molar-refractivity contribution in [2.45, 2.75) is 25.6 Å². The molecule has 8 nitrogen and oxygen atoms in total. The van der Waals surface area contributed by atoms with Gasteiger partial charge in [0.2, 0.25) is 0 Å². The van der Waals surface area contributed by atoms with Crippen LogP contribution in [0.1, 0.15) is 6.92 Å². The number of alkyl halides is 2.